The van der Waals surface area contributed by atoms with Gasteiger partial charge in [0.1, 0.15) is 12.4 Å². The van der Waals surface area contributed by atoms with Crippen LogP contribution in [0.3, 0.4) is 0 Å². The third-order valence-electron chi connectivity index (χ3n) is 3.13. The lowest BCUT2D eigenvalue weighted by Crippen LogP contribution is -2.10. The molecule has 130 valence electrons. The molecule has 2 aromatic carbocycles. The van der Waals surface area contributed by atoms with Gasteiger partial charge in [0.15, 0.2) is 0 Å². The van der Waals surface area contributed by atoms with Crippen LogP contribution < -0.4 is 4.74 Å². The quantitative estimate of drug-likeness (QED) is 0.325. The maximum atomic E-state index is 11.8. The molecule has 5 nitrogen and oxygen atoms in total. The van der Waals surface area contributed by atoms with Crippen molar-refractivity contribution < 1.29 is 23.8 Å². The molecule has 0 N–H and O–H groups in total. The van der Waals surface area contributed by atoms with E-state index in [2.05, 4.69) is 0 Å². The van der Waals surface area contributed by atoms with E-state index in [4.69, 9.17) is 25.8 Å². The zero-order valence-corrected chi connectivity index (χ0v) is 14.4. The second kappa shape index (κ2) is 9.61. The highest BCUT2D eigenvalue weighted by Crippen LogP contribution is 2.17. The summed E-state index contributed by atoms with van der Waals surface area (Å²) in [6.45, 7) is 0.512. The Kier molecular flexibility index (Phi) is 7.19. The number of ether oxygens (including phenoxy) is 3. The maximum absolute atomic E-state index is 11.8. The SMILES string of the molecule is COCCOC(=O)c1ccc(OC(=O)/C=C/c2ccccc2Cl)cc1. The van der Waals surface area contributed by atoms with Gasteiger partial charge in [-0.05, 0) is 42.0 Å². The second-order valence-electron chi connectivity index (χ2n) is 4.93. The van der Waals surface area contributed by atoms with E-state index in [0.29, 0.717) is 22.9 Å². The van der Waals surface area contributed by atoms with Crippen molar-refractivity contribution in [3.05, 3.63) is 70.8 Å². The molecule has 0 bridgehead atoms. The Morgan fingerprint density at radius 1 is 1.04 bits per heavy atom. The van der Waals surface area contributed by atoms with E-state index >= 15 is 0 Å². The van der Waals surface area contributed by atoms with Crippen molar-refractivity contribution in [2.75, 3.05) is 20.3 Å². The fourth-order valence-corrected chi connectivity index (χ4v) is 2.08. The third-order valence-corrected chi connectivity index (χ3v) is 3.48. The highest BCUT2D eigenvalue weighted by molar-refractivity contribution is 6.32. The number of halogens is 1. The molecule has 2 aromatic rings. The summed E-state index contributed by atoms with van der Waals surface area (Å²) in [7, 11) is 1.52. The molecule has 0 fully saturated rings. The Bertz CT molecular complexity index is 753. The summed E-state index contributed by atoms with van der Waals surface area (Å²) in [6.07, 6.45) is 2.86. The second-order valence-corrected chi connectivity index (χ2v) is 5.34. The van der Waals surface area contributed by atoms with Gasteiger partial charge in [-0.25, -0.2) is 9.59 Å². The van der Waals surface area contributed by atoms with E-state index < -0.39 is 11.9 Å². The summed E-state index contributed by atoms with van der Waals surface area (Å²) in [6, 6.07) is 13.2. The third kappa shape index (κ3) is 6.06. The van der Waals surface area contributed by atoms with E-state index in [1.807, 2.05) is 6.07 Å². The largest absolute Gasteiger partial charge is 0.460 e. The molecular formula is C19H17ClO5. The highest BCUT2D eigenvalue weighted by Gasteiger charge is 2.08. The molecule has 2 rings (SSSR count). The minimum absolute atomic E-state index is 0.179. The van der Waals surface area contributed by atoms with Crippen LogP contribution in [0.15, 0.2) is 54.6 Å². The van der Waals surface area contributed by atoms with Gasteiger partial charge in [0, 0.05) is 18.2 Å². The lowest BCUT2D eigenvalue weighted by atomic mass is 10.2. The van der Waals surface area contributed by atoms with Crippen LogP contribution >= 0.6 is 11.6 Å². The Labute approximate surface area is 150 Å². The van der Waals surface area contributed by atoms with Crippen LogP contribution in [0.5, 0.6) is 5.75 Å². The van der Waals surface area contributed by atoms with E-state index in [1.54, 1.807) is 24.3 Å². The van der Waals surface area contributed by atoms with Gasteiger partial charge >= 0.3 is 11.9 Å². The molecule has 0 aliphatic heterocycles. The smallest absolute Gasteiger partial charge is 0.338 e. The number of esters is 2. The molecule has 0 heterocycles. The van der Waals surface area contributed by atoms with E-state index in [-0.39, 0.29) is 6.61 Å². The summed E-state index contributed by atoms with van der Waals surface area (Å²) < 4.78 is 15.0. The van der Waals surface area contributed by atoms with Gasteiger partial charge in [-0.3, -0.25) is 0 Å². The summed E-state index contributed by atoms with van der Waals surface area (Å²) in [5, 5.41) is 0.544. The first-order chi connectivity index (χ1) is 12.1. The van der Waals surface area contributed by atoms with E-state index in [9.17, 15) is 9.59 Å². The van der Waals surface area contributed by atoms with Gasteiger partial charge in [0.05, 0.1) is 12.2 Å². The molecule has 0 saturated carbocycles. The number of benzene rings is 2. The van der Waals surface area contributed by atoms with Gasteiger partial charge in [0.2, 0.25) is 0 Å². The van der Waals surface area contributed by atoms with Crippen LogP contribution in [0, 0.1) is 0 Å². The zero-order chi connectivity index (χ0) is 18.1. The Morgan fingerprint density at radius 2 is 1.76 bits per heavy atom. The average molecular weight is 361 g/mol. The molecule has 0 spiro atoms. The highest BCUT2D eigenvalue weighted by atomic mass is 35.5. The van der Waals surface area contributed by atoms with Crippen LogP contribution in [0.2, 0.25) is 5.02 Å². The molecule has 0 aliphatic rings. The molecule has 0 unspecified atom stereocenters. The van der Waals surface area contributed by atoms with Gasteiger partial charge in [-0.2, -0.15) is 0 Å². The number of hydrogen-bond acceptors (Lipinski definition) is 5. The van der Waals surface area contributed by atoms with Crippen molar-refractivity contribution in [1.82, 2.24) is 0 Å². The van der Waals surface area contributed by atoms with Crippen LogP contribution in [0.1, 0.15) is 15.9 Å². The maximum Gasteiger partial charge on any atom is 0.338 e. The molecule has 6 heteroatoms. The fraction of sp³-hybridized carbons (Fsp3) is 0.158. The van der Waals surface area contributed by atoms with Gasteiger partial charge in [0.25, 0.3) is 0 Å². The number of rotatable bonds is 7. The monoisotopic (exact) mass is 360 g/mol. The Balaban J connectivity index is 1.91. The summed E-state index contributed by atoms with van der Waals surface area (Å²) in [5.41, 5.74) is 1.08. The lowest BCUT2D eigenvalue weighted by molar-refractivity contribution is -0.128. The lowest BCUT2D eigenvalue weighted by Gasteiger charge is -2.05. The van der Waals surface area contributed by atoms with Gasteiger partial charge in [-0.1, -0.05) is 29.8 Å². The Morgan fingerprint density at radius 3 is 2.44 bits per heavy atom. The van der Waals surface area contributed by atoms with Crippen LogP contribution in [-0.2, 0) is 14.3 Å². The van der Waals surface area contributed by atoms with Crippen LogP contribution in [-0.4, -0.2) is 32.3 Å². The normalized spacial score (nSPS) is 10.6. The van der Waals surface area contributed by atoms with Crippen molar-refractivity contribution >= 4 is 29.6 Å². The van der Waals surface area contributed by atoms with E-state index in [1.165, 1.54) is 37.5 Å². The number of carbonyl (C=O) groups is 2. The van der Waals surface area contributed by atoms with Crippen molar-refractivity contribution in [3.63, 3.8) is 0 Å². The number of carbonyl (C=O) groups excluding carboxylic acids is 2. The first-order valence-electron chi connectivity index (χ1n) is 7.50. The minimum atomic E-state index is -0.546. The van der Waals surface area contributed by atoms with Crippen molar-refractivity contribution in [1.29, 1.82) is 0 Å². The van der Waals surface area contributed by atoms with E-state index in [0.717, 1.165) is 5.56 Å². The van der Waals surface area contributed by atoms with Crippen molar-refractivity contribution in [2.24, 2.45) is 0 Å². The van der Waals surface area contributed by atoms with Crippen LogP contribution in [0.25, 0.3) is 6.08 Å². The van der Waals surface area contributed by atoms with Crippen LogP contribution in [0.4, 0.5) is 0 Å². The fourth-order valence-electron chi connectivity index (χ4n) is 1.88. The molecule has 0 aliphatic carbocycles. The average Bonchev–Trinajstić information content (AvgIpc) is 2.62. The molecule has 25 heavy (non-hydrogen) atoms. The number of hydrogen-bond donors (Lipinski definition) is 0. The Hall–Kier alpha value is -2.63. The molecule has 0 saturated heterocycles. The van der Waals surface area contributed by atoms with Crippen molar-refractivity contribution in [3.8, 4) is 5.75 Å². The van der Waals surface area contributed by atoms with Gasteiger partial charge < -0.3 is 14.2 Å². The molecule has 0 atom stereocenters. The summed E-state index contributed by atoms with van der Waals surface area (Å²) >= 11 is 6.01. The standard InChI is InChI=1S/C19H17ClO5/c1-23-12-13-24-19(22)15-6-9-16(10-7-15)25-18(21)11-8-14-4-2-3-5-17(14)20/h2-11H,12-13H2,1H3/b11-8+. The molecule has 0 radical (unpaired) electrons. The molecule has 0 amide bonds. The van der Waals surface area contributed by atoms with Gasteiger partial charge in [-0.15, -0.1) is 0 Å². The minimum Gasteiger partial charge on any atom is -0.460 e. The predicted molar refractivity (Wildman–Crippen MR) is 94.7 cm³/mol. The zero-order valence-electron chi connectivity index (χ0n) is 13.6. The molecule has 0 aromatic heterocycles. The topological polar surface area (TPSA) is 61.8 Å². The molecular weight excluding hydrogens is 344 g/mol. The number of methoxy groups -OCH3 is 1. The first kappa shape index (κ1) is 18.7. The predicted octanol–water partition coefficient (Wildman–Crippen LogP) is 3.76. The summed E-state index contributed by atoms with van der Waals surface area (Å²) in [4.78, 5) is 23.6. The van der Waals surface area contributed by atoms with Crippen molar-refractivity contribution in [2.45, 2.75) is 0 Å². The summed E-state index contributed by atoms with van der Waals surface area (Å²) in [5.74, 6) is -0.689. The first-order valence-corrected chi connectivity index (χ1v) is 7.88.